The van der Waals surface area contributed by atoms with Gasteiger partial charge in [0.15, 0.2) is 11.5 Å². The predicted molar refractivity (Wildman–Crippen MR) is 101 cm³/mol. The molecular formula is C19H15ClN4O4. The average molecular weight is 399 g/mol. The van der Waals surface area contributed by atoms with E-state index in [1.807, 2.05) is 18.2 Å². The maximum absolute atomic E-state index is 12.9. The summed E-state index contributed by atoms with van der Waals surface area (Å²) in [4.78, 5) is 30.8. The summed E-state index contributed by atoms with van der Waals surface area (Å²) < 4.78 is 12.0. The van der Waals surface area contributed by atoms with E-state index >= 15 is 0 Å². The molecule has 1 aromatic heterocycles. The Kier molecular flexibility index (Phi) is 4.48. The third-order valence-corrected chi connectivity index (χ3v) is 4.78. The smallest absolute Gasteiger partial charge is 0.272 e. The number of nitrogens with zero attached hydrogens (tertiary/aromatic N) is 4. The molecule has 2 aromatic carbocycles. The minimum absolute atomic E-state index is 0.0146. The maximum atomic E-state index is 12.9. The summed E-state index contributed by atoms with van der Waals surface area (Å²) in [6.45, 7) is 0.354. The first-order valence-electron chi connectivity index (χ1n) is 8.31. The van der Waals surface area contributed by atoms with E-state index in [2.05, 4.69) is 10.1 Å². The lowest BCUT2D eigenvalue weighted by Gasteiger charge is -2.10. The summed E-state index contributed by atoms with van der Waals surface area (Å²) in [5.41, 5.74) is 1.19. The quantitative estimate of drug-likeness (QED) is 0.614. The fourth-order valence-corrected chi connectivity index (χ4v) is 3.28. The van der Waals surface area contributed by atoms with E-state index < -0.39 is 11.8 Å². The number of amides is 2. The predicted octanol–water partition coefficient (Wildman–Crippen LogP) is 2.80. The first-order valence-corrected chi connectivity index (χ1v) is 8.69. The van der Waals surface area contributed by atoms with Gasteiger partial charge in [-0.25, -0.2) is 9.58 Å². The SMILES string of the molecule is COc1ccc2c(c1OC)C(=O)N(c1ncn(Cc3ccccc3Cl)n1)C2=O. The highest BCUT2D eigenvalue weighted by Gasteiger charge is 2.42. The van der Waals surface area contributed by atoms with E-state index in [0.29, 0.717) is 17.3 Å². The molecule has 0 radical (unpaired) electrons. The highest BCUT2D eigenvalue weighted by molar-refractivity contribution is 6.35. The number of hydrogen-bond donors (Lipinski definition) is 0. The van der Waals surface area contributed by atoms with Gasteiger partial charge in [0.1, 0.15) is 6.33 Å². The second-order valence-electron chi connectivity index (χ2n) is 6.00. The molecule has 0 spiro atoms. The summed E-state index contributed by atoms with van der Waals surface area (Å²) in [7, 11) is 2.87. The molecular weight excluding hydrogens is 384 g/mol. The number of rotatable bonds is 5. The van der Waals surface area contributed by atoms with Gasteiger partial charge < -0.3 is 9.47 Å². The fraction of sp³-hybridized carbons (Fsp3) is 0.158. The number of halogens is 1. The highest BCUT2D eigenvalue weighted by atomic mass is 35.5. The standard InChI is InChI=1S/C19H15ClN4O4/c1-27-14-8-7-12-15(16(14)28-2)18(26)24(17(12)25)19-21-10-23(22-19)9-11-5-3-4-6-13(11)20/h3-8,10H,9H2,1-2H3. The highest BCUT2D eigenvalue weighted by Crippen LogP contribution is 2.39. The van der Waals surface area contributed by atoms with Crippen LogP contribution >= 0.6 is 11.6 Å². The number of benzene rings is 2. The number of anilines is 1. The van der Waals surface area contributed by atoms with Gasteiger partial charge in [-0.15, -0.1) is 5.10 Å². The topological polar surface area (TPSA) is 86.6 Å². The fourth-order valence-electron chi connectivity index (χ4n) is 3.09. The lowest BCUT2D eigenvalue weighted by molar-refractivity contribution is 0.0923. The third-order valence-electron chi connectivity index (χ3n) is 4.41. The monoisotopic (exact) mass is 398 g/mol. The van der Waals surface area contributed by atoms with Crippen LogP contribution in [0.4, 0.5) is 5.95 Å². The summed E-state index contributed by atoms with van der Waals surface area (Å²) in [5.74, 6) is -0.528. The molecule has 0 fully saturated rings. The Morgan fingerprint density at radius 1 is 1.04 bits per heavy atom. The first-order chi connectivity index (χ1) is 13.5. The van der Waals surface area contributed by atoms with Gasteiger partial charge in [-0.2, -0.15) is 4.98 Å². The van der Waals surface area contributed by atoms with E-state index in [4.69, 9.17) is 21.1 Å². The Morgan fingerprint density at radius 2 is 1.82 bits per heavy atom. The lowest BCUT2D eigenvalue weighted by atomic mass is 10.1. The molecule has 1 aliphatic rings. The van der Waals surface area contributed by atoms with Crippen LogP contribution in [0.15, 0.2) is 42.7 Å². The molecule has 2 amide bonds. The van der Waals surface area contributed by atoms with Crippen LogP contribution in [0.2, 0.25) is 5.02 Å². The van der Waals surface area contributed by atoms with Gasteiger partial charge in [-0.05, 0) is 23.8 Å². The van der Waals surface area contributed by atoms with E-state index in [9.17, 15) is 9.59 Å². The zero-order valence-electron chi connectivity index (χ0n) is 15.0. The van der Waals surface area contributed by atoms with Gasteiger partial charge in [0, 0.05) is 5.02 Å². The Hall–Kier alpha value is -3.39. The van der Waals surface area contributed by atoms with Crippen molar-refractivity contribution in [2.75, 3.05) is 19.1 Å². The van der Waals surface area contributed by atoms with Gasteiger partial charge >= 0.3 is 0 Å². The van der Waals surface area contributed by atoms with Gasteiger partial charge in [0.05, 0.1) is 31.9 Å². The molecule has 4 rings (SSSR count). The van der Waals surface area contributed by atoms with Gasteiger partial charge in [-0.1, -0.05) is 29.8 Å². The molecule has 0 bridgehead atoms. The van der Waals surface area contributed by atoms with Crippen LogP contribution < -0.4 is 14.4 Å². The Morgan fingerprint density at radius 3 is 2.54 bits per heavy atom. The van der Waals surface area contributed by atoms with Crippen LogP contribution in [-0.2, 0) is 6.54 Å². The largest absolute Gasteiger partial charge is 0.493 e. The van der Waals surface area contributed by atoms with Crippen LogP contribution in [0.1, 0.15) is 26.3 Å². The first kappa shape index (κ1) is 18.0. The number of methoxy groups -OCH3 is 2. The Bertz CT molecular complexity index is 1100. The molecule has 2 heterocycles. The molecule has 0 atom stereocenters. The summed E-state index contributed by atoms with van der Waals surface area (Å²) >= 11 is 6.17. The molecule has 1 aliphatic heterocycles. The van der Waals surface area contributed by atoms with Gasteiger partial charge in [0.2, 0.25) is 0 Å². The van der Waals surface area contributed by atoms with Crippen LogP contribution in [0.5, 0.6) is 11.5 Å². The number of carbonyl (C=O) groups is 2. The average Bonchev–Trinajstić information content (AvgIpc) is 3.25. The molecule has 9 heteroatoms. The van der Waals surface area contributed by atoms with Crippen LogP contribution in [0.3, 0.4) is 0 Å². The molecule has 0 unspecified atom stereocenters. The Balaban J connectivity index is 1.68. The van der Waals surface area contributed by atoms with Crippen molar-refractivity contribution in [2.24, 2.45) is 0 Å². The van der Waals surface area contributed by atoms with Crippen molar-refractivity contribution in [1.29, 1.82) is 0 Å². The summed E-state index contributed by atoms with van der Waals surface area (Å²) in [5, 5.41) is 4.86. The number of aromatic nitrogens is 3. The van der Waals surface area contributed by atoms with Crippen LogP contribution in [0.25, 0.3) is 0 Å². The molecule has 28 heavy (non-hydrogen) atoms. The molecule has 0 aliphatic carbocycles. The minimum atomic E-state index is -0.564. The minimum Gasteiger partial charge on any atom is -0.493 e. The van der Waals surface area contributed by atoms with Crippen molar-refractivity contribution in [3.05, 3.63) is 64.4 Å². The molecule has 8 nitrogen and oxygen atoms in total. The number of hydrogen-bond acceptors (Lipinski definition) is 6. The normalized spacial score (nSPS) is 13.0. The van der Waals surface area contributed by atoms with Crippen molar-refractivity contribution in [2.45, 2.75) is 6.54 Å². The molecule has 3 aromatic rings. The van der Waals surface area contributed by atoms with Crippen molar-refractivity contribution in [1.82, 2.24) is 14.8 Å². The zero-order chi connectivity index (χ0) is 19.8. The summed E-state index contributed by atoms with van der Waals surface area (Å²) in [6, 6.07) is 10.4. The third kappa shape index (κ3) is 2.78. The van der Waals surface area contributed by atoms with Crippen LogP contribution in [0, 0.1) is 0 Å². The van der Waals surface area contributed by atoms with E-state index in [1.165, 1.54) is 31.3 Å². The molecule has 0 saturated heterocycles. The van der Waals surface area contributed by atoms with Gasteiger partial charge in [-0.3, -0.25) is 9.59 Å². The molecule has 0 N–H and O–H groups in total. The van der Waals surface area contributed by atoms with Crippen molar-refractivity contribution in [3.63, 3.8) is 0 Å². The van der Waals surface area contributed by atoms with Gasteiger partial charge in [0.25, 0.3) is 17.8 Å². The second kappa shape index (κ2) is 6.97. The number of imide groups is 1. The molecule has 142 valence electrons. The number of fused-ring (bicyclic) bond motifs is 1. The van der Waals surface area contributed by atoms with Crippen molar-refractivity contribution in [3.8, 4) is 11.5 Å². The zero-order valence-corrected chi connectivity index (χ0v) is 15.8. The second-order valence-corrected chi connectivity index (χ2v) is 6.41. The lowest BCUT2D eigenvalue weighted by Crippen LogP contribution is -2.30. The van der Waals surface area contributed by atoms with E-state index in [-0.39, 0.29) is 22.8 Å². The maximum Gasteiger partial charge on any atom is 0.272 e. The van der Waals surface area contributed by atoms with Crippen molar-refractivity contribution < 1.29 is 19.1 Å². The van der Waals surface area contributed by atoms with E-state index in [1.54, 1.807) is 12.1 Å². The Labute approximate surface area is 165 Å². The number of carbonyl (C=O) groups excluding carboxylic acids is 2. The molecule has 0 saturated carbocycles. The number of ether oxygens (including phenoxy) is 2. The van der Waals surface area contributed by atoms with E-state index in [0.717, 1.165) is 10.5 Å². The van der Waals surface area contributed by atoms with Crippen LogP contribution in [-0.4, -0.2) is 40.8 Å². The van der Waals surface area contributed by atoms with Crippen molar-refractivity contribution >= 4 is 29.4 Å². The summed E-state index contributed by atoms with van der Waals surface area (Å²) in [6.07, 6.45) is 1.44.